The van der Waals surface area contributed by atoms with Gasteiger partial charge in [-0.2, -0.15) is 0 Å². The van der Waals surface area contributed by atoms with Crippen molar-refractivity contribution in [2.75, 3.05) is 5.32 Å². The van der Waals surface area contributed by atoms with Crippen molar-refractivity contribution >= 4 is 49.1 Å². The van der Waals surface area contributed by atoms with Crippen LogP contribution in [-0.4, -0.2) is 0 Å². The Labute approximate surface area is 133 Å². The third kappa shape index (κ3) is 3.71. The van der Waals surface area contributed by atoms with Crippen LogP contribution < -0.4 is 5.32 Å². The minimum atomic E-state index is -0.264. The van der Waals surface area contributed by atoms with Crippen molar-refractivity contribution in [2.24, 2.45) is 0 Å². The Morgan fingerprint density at radius 2 is 1.84 bits per heavy atom. The molecule has 2 aromatic carbocycles. The average molecular weight is 408 g/mol. The zero-order valence-electron chi connectivity index (χ0n) is 10.1. The van der Waals surface area contributed by atoms with Crippen molar-refractivity contribution < 1.29 is 4.39 Å². The molecule has 0 heterocycles. The lowest BCUT2D eigenvalue weighted by Gasteiger charge is -2.17. The fraction of sp³-hybridized carbons (Fsp3) is 0.143. The van der Waals surface area contributed by atoms with E-state index in [1.807, 2.05) is 25.1 Å². The highest BCUT2D eigenvalue weighted by atomic mass is 79.9. The van der Waals surface area contributed by atoms with Gasteiger partial charge in [0.2, 0.25) is 0 Å². The van der Waals surface area contributed by atoms with Gasteiger partial charge in [0.05, 0.1) is 10.2 Å². The standard InChI is InChI=1S/C14H11Br2ClFN/c1-8(9-2-5-13(18)12(16)6-9)19-14-7-10(17)3-4-11(14)15/h2-8,19H,1H3. The minimum absolute atomic E-state index is 0.0340. The molecule has 0 amide bonds. The van der Waals surface area contributed by atoms with Crippen LogP contribution in [0.25, 0.3) is 0 Å². The summed E-state index contributed by atoms with van der Waals surface area (Å²) in [5.74, 6) is -0.264. The van der Waals surface area contributed by atoms with Gasteiger partial charge in [-0.1, -0.05) is 17.7 Å². The van der Waals surface area contributed by atoms with Crippen molar-refractivity contribution in [3.8, 4) is 0 Å². The van der Waals surface area contributed by atoms with Crippen molar-refractivity contribution in [3.63, 3.8) is 0 Å². The van der Waals surface area contributed by atoms with E-state index in [4.69, 9.17) is 11.6 Å². The molecule has 1 N–H and O–H groups in total. The topological polar surface area (TPSA) is 12.0 Å². The number of benzene rings is 2. The van der Waals surface area contributed by atoms with E-state index in [1.165, 1.54) is 6.07 Å². The molecule has 19 heavy (non-hydrogen) atoms. The molecule has 100 valence electrons. The minimum Gasteiger partial charge on any atom is -0.378 e. The molecule has 0 bridgehead atoms. The number of anilines is 1. The molecule has 0 aliphatic rings. The first-order valence-corrected chi connectivity index (χ1v) is 7.60. The second-order valence-electron chi connectivity index (χ2n) is 4.16. The number of hydrogen-bond acceptors (Lipinski definition) is 1. The summed E-state index contributed by atoms with van der Waals surface area (Å²) in [6.07, 6.45) is 0. The molecule has 0 aliphatic heterocycles. The van der Waals surface area contributed by atoms with Crippen LogP contribution >= 0.6 is 43.5 Å². The molecule has 5 heteroatoms. The summed E-state index contributed by atoms with van der Waals surface area (Å²) in [7, 11) is 0. The first-order valence-electron chi connectivity index (χ1n) is 5.64. The summed E-state index contributed by atoms with van der Waals surface area (Å²) < 4.78 is 14.6. The molecule has 0 aromatic heterocycles. The molecule has 0 fully saturated rings. The highest BCUT2D eigenvalue weighted by Crippen LogP contribution is 2.30. The largest absolute Gasteiger partial charge is 0.378 e. The van der Waals surface area contributed by atoms with Gasteiger partial charge in [-0.25, -0.2) is 4.39 Å². The normalized spacial score (nSPS) is 12.3. The molecule has 2 rings (SSSR count). The first-order chi connectivity index (χ1) is 8.97. The lowest BCUT2D eigenvalue weighted by Crippen LogP contribution is -2.07. The highest BCUT2D eigenvalue weighted by molar-refractivity contribution is 9.10. The van der Waals surface area contributed by atoms with E-state index in [1.54, 1.807) is 12.1 Å². The third-order valence-corrected chi connectivity index (χ3v) is 4.28. The van der Waals surface area contributed by atoms with Gasteiger partial charge in [0.1, 0.15) is 5.82 Å². The maximum absolute atomic E-state index is 13.2. The Hall–Kier alpha value is -0.580. The number of halogens is 4. The van der Waals surface area contributed by atoms with Crippen LogP contribution in [0, 0.1) is 5.82 Å². The van der Waals surface area contributed by atoms with E-state index >= 15 is 0 Å². The fourth-order valence-electron chi connectivity index (χ4n) is 1.71. The smallest absolute Gasteiger partial charge is 0.137 e. The van der Waals surface area contributed by atoms with Gasteiger partial charge in [-0.05, 0) is 74.7 Å². The summed E-state index contributed by atoms with van der Waals surface area (Å²) >= 11 is 12.6. The highest BCUT2D eigenvalue weighted by Gasteiger charge is 2.10. The van der Waals surface area contributed by atoms with Crippen LogP contribution in [0.15, 0.2) is 45.3 Å². The Morgan fingerprint density at radius 3 is 2.53 bits per heavy atom. The van der Waals surface area contributed by atoms with Crippen molar-refractivity contribution in [1.82, 2.24) is 0 Å². The van der Waals surface area contributed by atoms with Gasteiger partial charge >= 0.3 is 0 Å². The molecule has 0 saturated heterocycles. The van der Waals surface area contributed by atoms with Gasteiger partial charge in [-0.15, -0.1) is 0 Å². The third-order valence-electron chi connectivity index (χ3n) is 2.74. The predicted octanol–water partition coefficient (Wildman–Crippen LogP) is 6.18. The van der Waals surface area contributed by atoms with Gasteiger partial charge in [0.15, 0.2) is 0 Å². The summed E-state index contributed by atoms with van der Waals surface area (Å²) in [5.41, 5.74) is 1.89. The molecule has 0 radical (unpaired) electrons. The molecule has 2 aromatic rings. The molecule has 1 atom stereocenters. The first kappa shape index (κ1) is 14.8. The molecule has 0 spiro atoms. The maximum atomic E-state index is 13.2. The van der Waals surface area contributed by atoms with Gasteiger partial charge in [0, 0.05) is 15.5 Å². The zero-order valence-corrected chi connectivity index (χ0v) is 14.0. The zero-order chi connectivity index (χ0) is 14.0. The summed E-state index contributed by atoms with van der Waals surface area (Å²) in [4.78, 5) is 0. The Bertz CT molecular complexity index is 604. The summed E-state index contributed by atoms with van der Waals surface area (Å²) in [6.45, 7) is 2.01. The second kappa shape index (κ2) is 6.25. The van der Waals surface area contributed by atoms with Crippen LogP contribution in [0.2, 0.25) is 5.02 Å². The quantitative estimate of drug-likeness (QED) is 0.641. The van der Waals surface area contributed by atoms with E-state index in [9.17, 15) is 4.39 Å². The van der Waals surface area contributed by atoms with Crippen LogP contribution in [0.5, 0.6) is 0 Å². The van der Waals surface area contributed by atoms with Crippen molar-refractivity contribution in [1.29, 1.82) is 0 Å². The second-order valence-corrected chi connectivity index (χ2v) is 6.31. The Balaban J connectivity index is 2.22. The SMILES string of the molecule is CC(Nc1cc(Cl)ccc1Br)c1ccc(F)c(Br)c1. The predicted molar refractivity (Wildman–Crippen MR) is 85.3 cm³/mol. The van der Waals surface area contributed by atoms with E-state index in [-0.39, 0.29) is 11.9 Å². The van der Waals surface area contributed by atoms with E-state index in [0.29, 0.717) is 9.50 Å². The van der Waals surface area contributed by atoms with Crippen LogP contribution in [0.1, 0.15) is 18.5 Å². The Kier molecular flexibility index (Phi) is 4.87. The lowest BCUT2D eigenvalue weighted by atomic mass is 10.1. The molecule has 1 unspecified atom stereocenters. The Morgan fingerprint density at radius 1 is 1.11 bits per heavy atom. The van der Waals surface area contributed by atoms with Crippen LogP contribution in [-0.2, 0) is 0 Å². The number of rotatable bonds is 3. The van der Waals surface area contributed by atoms with E-state index < -0.39 is 0 Å². The van der Waals surface area contributed by atoms with Gasteiger partial charge in [-0.3, -0.25) is 0 Å². The van der Waals surface area contributed by atoms with Gasteiger partial charge < -0.3 is 5.32 Å². The average Bonchev–Trinajstić information content (AvgIpc) is 2.37. The maximum Gasteiger partial charge on any atom is 0.137 e. The molecule has 1 nitrogen and oxygen atoms in total. The molecular weight excluding hydrogens is 396 g/mol. The fourth-order valence-corrected chi connectivity index (χ4v) is 2.64. The van der Waals surface area contributed by atoms with E-state index in [0.717, 1.165) is 15.7 Å². The monoisotopic (exact) mass is 405 g/mol. The van der Waals surface area contributed by atoms with E-state index in [2.05, 4.69) is 37.2 Å². The van der Waals surface area contributed by atoms with Crippen LogP contribution in [0.3, 0.4) is 0 Å². The number of nitrogens with one attached hydrogen (secondary N) is 1. The summed E-state index contributed by atoms with van der Waals surface area (Å²) in [5, 5.41) is 4.00. The van der Waals surface area contributed by atoms with Crippen molar-refractivity contribution in [2.45, 2.75) is 13.0 Å². The number of hydrogen-bond donors (Lipinski definition) is 1. The van der Waals surface area contributed by atoms with Gasteiger partial charge in [0.25, 0.3) is 0 Å². The molecule has 0 aliphatic carbocycles. The van der Waals surface area contributed by atoms with Crippen molar-refractivity contribution in [3.05, 3.63) is 61.7 Å². The lowest BCUT2D eigenvalue weighted by molar-refractivity contribution is 0.619. The molecular formula is C14H11Br2ClFN. The van der Waals surface area contributed by atoms with Crippen LogP contribution in [0.4, 0.5) is 10.1 Å². The summed E-state index contributed by atoms with van der Waals surface area (Å²) in [6, 6.07) is 10.6. The molecule has 0 saturated carbocycles.